The van der Waals surface area contributed by atoms with Crippen LogP contribution >= 0.6 is 15.6 Å². The molecule has 0 aromatic rings. The number of allylic oxidation sites excluding steroid dienone is 18. The van der Waals surface area contributed by atoms with Crippen molar-refractivity contribution in [3.63, 3.8) is 0 Å². The van der Waals surface area contributed by atoms with Gasteiger partial charge < -0.3 is 34.6 Å². The van der Waals surface area contributed by atoms with E-state index >= 15 is 0 Å². The first kappa shape index (κ1) is 62.7. The molecule has 5 N–H and O–H groups in total. The molecule has 66 heavy (non-hydrogen) atoms. The van der Waals surface area contributed by atoms with Gasteiger partial charge in [-0.2, -0.15) is 0 Å². The third-order valence-electron chi connectivity index (χ3n) is 8.71. The summed E-state index contributed by atoms with van der Waals surface area (Å²) in [7, 11) is -9.62. The van der Waals surface area contributed by atoms with E-state index in [0.717, 1.165) is 57.8 Å². The zero-order chi connectivity index (χ0) is 48.8. The van der Waals surface area contributed by atoms with Crippen molar-refractivity contribution in [3.05, 3.63) is 109 Å². The third-order valence-corrected chi connectivity index (χ3v) is 10.6. The van der Waals surface area contributed by atoms with E-state index in [4.69, 9.17) is 9.47 Å². The Bertz CT molecular complexity index is 1600. The van der Waals surface area contributed by atoms with Gasteiger partial charge in [-0.05, 0) is 89.9 Å². The van der Waals surface area contributed by atoms with Crippen molar-refractivity contribution < 1.29 is 71.4 Å². The molecule has 0 aliphatic carbocycles. The molecule has 0 aromatic carbocycles. The second kappa shape index (κ2) is 44.2. The van der Waals surface area contributed by atoms with Gasteiger partial charge in [0.25, 0.3) is 0 Å². The number of aliphatic hydroxyl groups is 3. The van der Waals surface area contributed by atoms with Crippen LogP contribution in [0.2, 0.25) is 0 Å². The Morgan fingerprint density at radius 2 is 0.682 bits per heavy atom. The zero-order valence-electron chi connectivity index (χ0n) is 39.3. The van der Waals surface area contributed by atoms with Gasteiger partial charge >= 0.3 is 27.6 Å². The molecule has 5 unspecified atom stereocenters. The van der Waals surface area contributed by atoms with Crippen LogP contribution in [0.15, 0.2) is 109 Å². The van der Waals surface area contributed by atoms with Crippen molar-refractivity contribution >= 4 is 27.6 Å². The van der Waals surface area contributed by atoms with Crippen molar-refractivity contribution in [2.75, 3.05) is 39.6 Å². The summed E-state index contributed by atoms with van der Waals surface area (Å²) in [6.45, 7) is 0.102. The first-order valence-electron chi connectivity index (χ1n) is 23.2. The maximum absolute atomic E-state index is 12.1. The molecular formula is C49H80O15P2. The molecular weight excluding hydrogens is 890 g/mol. The highest BCUT2D eigenvalue weighted by molar-refractivity contribution is 7.47. The molecule has 0 saturated heterocycles. The number of aliphatic hydroxyl groups excluding tert-OH is 3. The van der Waals surface area contributed by atoms with Gasteiger partial charge in [0.2, 0.25) is 0 Å². The summed E-state index contributed by atoms with van der Waals surface area (Å²) >= 11 is 0. The van der Waals surface area contributed by atoms with Gasteiger partial charge in [-0.25, -0.2) is 9.13 Å². The van der Waals surface area contributed by atoms with E-state index in [2.05, 4.69) is 117 Å². The summed E-state index contributed by atoms with van der Waals surface area (Å²) in [6.07, 6.45) is 48.1. The molecule has 15 nitrogen and oxygen atoms in total. The Kier molecular flexibility index (Phi) is 42.0. The van der Waals surface area contributed by atoms with E-state index in [1.165, 1.54) is 19.3 Å². The number of ether oxygens (including phenoxy) is 2. The molecule has 0 bridgehead atoms. The monoisotopic (exact) mass is 970 g/mol. The summed E-state index contributed by atoms with van der Waals surface area (Å²) < 4.78 is 52.8. The van der Waals surface area contributed by atoms with Crippen molar-refractivity contribution in [2.24, 2.45) is 0 Å². The third kappa shape index (κ3) is 45.8. The number of esters is 2. The molecule has 0 spiro atoms. The summed E-state index contributed by atoms with van der Waals surface area (Å²) in [5, 5.41) is 30.0. The number of unbranched alkanes of at least 4 members (excludes halogenated alkanes) is 5. The van der Waals surface area contributed by atoms with Crippen LogP contribution in [0.1, 0.15) is 129 Å². The quantitative estimate of drug-likeness (QED) is 0.0166. The normalized spacial score (nSPS) is 16.0. The smallest absolute Gasteiger partial charge is 0.463 e. The first-order valence-corrected chi connectivity index (χ1v) is 26.2. The molecule has 5 atom stereocenters. The van der Waals surface area contributed by atoms with Crippen molar-refractivity contribution in [1.29, 1.82) is 0 Å². The molecule has 17 heteroatoms. The van der Waals surface area contributed by atoms with Gasteiger partial charge in [-0.3, -0.25) is 27.7 Å². The Hall–Kier alpha value is -3.30. The Labute approximate surface area is 394 Å². The molecule has 0 aliphatic rings. The molecule has 0 amide bonds. The molecule has 0 heterocycles. The molecule has 0 fully saturated rings. The van der Waals surface area contributed by atoms with E-state index in [9.17, 15) is 43.8 Å². The molecule has 0 aliphatic heterocycles. The number of hydrogen-bond donors (Lipinski definition) is 5. The minimum atomic E-state index is -4.81. The maximum Gasteiger partial charge on any atom is 0.472 e. The lowest BCUT2D eigenvalue weighted by Crippen LogP contribution is -2.25. The fraction of sp³-hybridized carbons (Fsp3) is 0.592. The van der Waals surface area contributed by atoms with Crippen LogP contribution in [-0.4, -0.2) is 95.0 Å². The van der Waals surface area contributed by atoms with Crippen molar-refractivity contribution in [1.82, 2.24) is 0 Å². The first-order chi connectivity index (χ1) is 31.8. The van der Waals surface area contributed by atoms with E-state index in [0.29, 0.717) is 25.7 Å². The van der Waals surface area contributed by atoms with Gasteiger partial charge in [0.1, 0.15) is 31.5 Å². The van der Waals surface area contributed by atoms with Gasteiger partial charge in [0, 0.05) is 12.8 Å². The minimum absolute atomic E-state index is 0.111. The fourth-order valence-corrected chi connectivity index (χ4v) is 6.71. The average Bonchev–Trinajstić information content (AvgIpc) is 3.29. The highest BCUT2D eigenvalue weighted by Gasteiger charge is 2.28. The lowest BCUT2D eigenvalue weighted by Gasteiger charge is -2.19. The van der Waals surface area contributed by atoms with Gasteiger partial charge in [-0.1, -0.05) is 136 Å². The molecule has 376 valence electrons. The SMILES string of the molecule is CC/C=C\C/C=C\C/C=C\C/C=C\C/C=C\CCCC(=O)OCC(O)COP(=O)(O)OCC(O)COP(=O)(O)OCC(O)COC(=O)CCC/C=C\C/C=C\C/C=C\C/C=C\CCCCC. The lowest BCUT2D eigenvalue weighted by molar-refractivity contribution is -0.148. The number of hydrogen-bond acceptors (Lipinski definition) is 13. The van der Waals surface area contributed by atoms with Gasteiger partial charge in [0.05, 0.1) is 26.4 Å². The second-order valence-corrected chi connectivity index (χ2v) is 17.9. The molecule has 0 aromatic heterocycles. The number of carbonyl (C=O) groups is 2. The van der Waals surface area contributed by atoms with Crippen LogP contribution in [0.3, 0.4) is 0 Å². The van der Waals surface area contributed by atoms with Crippen LogP contribution in [0, 0.1) is 0 Å². The largest absolute Gasteiger partial charge is 0.472 e. The second-order valence-electron chi connectivity index (χ2n) is 15.0. The molecule has 0 rings (SSSR count). The van der Waals surface area contributed by atoms with Crippen LogP contribution in [-0.2, 0) is 46.3 Å². The average molecular weight is 971 g/mol. The summed E-state index contributed by atoms with van der Waals surface area (Å²) in [6, 6.07) is 0. The maximum atomic E-state index is 12.1. The van der Waals surface area contributed by atoms with Crippen LogP contribution < -0.4 is 0 Å². The van der Waals surface area contributed by atoms with Crippen LogP contribution in [0.25, 0.3) is 0 Å². The number of rotatable bonds is 43. The summed E-state index contributed by atoms with van der Waals surface area (Å²) in [5.41, 5.74) is 0. The van der Waals surface area contributed by atoms with Gasteiger partial charge in [0.15, 0.2) is 0 Å². The lowest BCUT2D eigenvalue weighted by atomic mass is 10.2. The van der Waals surface area contributed by atoms with E-state index in [1.54, 1.807) is 0 Å². The Morgan fingerprint density at radius 3 is 0.985 bits per heavy atom. The Balaban J connectivity index is 4.03. The number of carbonyl (C=O) groups excluding carboxylic acids is 2. The van der Waals surface area contributed by atoms with Crippen LogP contribution in [0.4, 0.5) is 0 Å². The molecule has 0 radical (unpaired) electrons. The van der Waals surface area contributed by atoms with E-state index in [1.807, 2.05) is 24.3 Å². The minimum Gasteiger partial charge on any atom is -0.463 e. The summed E-state index contributed by atoms with van der Waals surface area (Å²) in [4.78, 5) is 43.7. The Morgan fingerprint density at radius 1 is 0.409 bits per heavy atom. The van der Waals surface area contributed by atoms with Crippen LogP contribution in [0.5, 0.6) is 0 Å². The van der Waals surface area contributed by atoms with E-state index in [-0.39, 0.29) is 12.8 Å². The van der Waals surface area contributed by atoms with Gasteiger partial charge in [-0.15, -0.1) is 0 Å². The van der Waals surface area contributed by atoms with Crippen molar-refractivity contribution in [2.45, 2.75) is 148 Å². The molecule has 0 saturated carbocycles. The zero-order valence-corrected chi connectivity index (χ0v) is 41.1. The summed E-state index contributed by atoms with van der Waals surface area (Å²) in [5.74, 6) is -1.12. The van der Waals surface area contributed by atoms with E-state index < -0.39 is 85.5 Å². The fourth-order valence-electron chi connectivity index (χ4n) is 5.12. The predicted octanol–water partition coefficient (Wildman–Crippen LogP) is 10.5. The topological polar surface area (TPSA) is 225 Å². The number of phosphoric acid groups is 2. The highest BCUT2D eigenvalue weighted by Crippen LogP contribution is 2.45. The standard InChI is InChI=1S/C49H80O15P2/c1-3-5-7-9-11-13-15-17-19-21-23-25-27-29-31-33-35-37-48(53)59-39-45(50)41-61-65(55,56)63-43-47(52)44-64-66(57,58)62-42-46(51)40-60-49(54)38-36-34-32-30-28-26-24-22-20-18-16-14-12-10-8-6-4-2/h5,7,11-14,17-20,23-26,29-32,45-47,50-52H,3-4,6,8-10,15-16,21-22,27-28,33-44H2,1-2H3,(H,55,56)(H,57,58)/b7-5-,13-11-,14-12-,19-17-,20-18-,25-23-,26-24-,31-29-,32-30-. The highest BCUT2D eigenvalue weighted by atomic mass is 31.2. The number of phosphoric ester groups is 2. The predicted molar refractivity (Wildman–Crippen MR) is 260 cm³/mol. The van der Waals surface area contributed by atoms with Crippen molar-refractivity contribution in [3.8, 4) is 0 Å².